The topological polar surface area (TPSA) is 84.0 Å². The largest absolute Gasteiger partial charge is 0.323 e. The van der Waals surface area contributed by atoms with E-state index in [0.717, 1.165) is 0 Å². The van der Waals surface area contributed by atoms with E-state index in [0.29, 0.717) is 0 Å². The van der Waals surface area contributed by atoms with Gasteiger partial charge in [0.15, 0.2) is 24.9 Å². The van der Waals surface area contributed by atoms with Crippen LogP contribution in [-0.4, -0.2) is 97.3 Å². The number of ether oxygens (including phenoxy) is 4. The van der Waals surface area contributed by atoms with E-state index in [1.807, 2.05) is 0 Å². The van der Waals surface area contributed by atoms with Gasteiger partial charge < -0.3 is 18.9 Å². The lowest BCUT2D eigenvalue weighted by Crippen LogP contribution is -2.40. The number of nitrogens with zero attached hydrogens (tertiary/aromatic N) is 4. The molecule has 122 valence electrons. The third-order valence-corrected chi connectivity index (χ3v) is 4.54. The average Bonchev–Trinajstić information content (AvgIpc) is 3.21. The number of hydrogen-bond acceptors (Lipinski definition) is 6. The first-order chi connectivity index (χ1) is 10.4. The molecule has 4 aliphatic rings. The lowest BCUT2D eigenvalue weighted by molar-refractivity contribution is -0.240. The number of fused-ring (bicyclic) bond motifs is 2. The van der Waals surface area contributed by atoms with Crippen molar-refractivity contribution in [1.82, 2.24) is 19.6 Å². The summed E-state index contributed by atoms with van der Waals surface area (Å²) in [6, 6.07) is -0.327. The Balaban J connectivity index is 1.46. The monoisotopic (exact) mass is 314 g/mol. The number of hydrogen-bond donors (Lipinski definition) is 0. The van der Waals surface area contributed by atoms with Gasteiger partial charge in [0.2, 0.25) is 12.6 Å². The molecule has 10 nitrogen and oxygen atoms in total. The van der Waals surface area contributed by atoms with Crippen molar-refractivity contribution in [1.29, 1.82) is 0 Å². The van der Waals surface area contributed by atoms with Crippen LogP contribution in [0.5, 0.6) is 0 Å². The Morgan fingerprint density at radius 2 is 0.818 bits per heavy atom. The summed E-state index contributed by atoms with van der Waals surface area (Å²) in [6.45, 7) is 0. The maximum absolute atomic E-state index is 11.8. The molecule has 4 heterocycles. The minimum Gasteiger partial charge on any atom is -0.319 e. The summed E-state index contributed by atoms with van der Waals surface area (Å²) in [7, 11) is 6.61. The van der Waals surface area contributed by atoms with Gasteiger partial charge in [0, 0.05) is 28.2 Å². The molecular weight excluding hydrogens is 296 g/mol. The van der Waals surface area contributed by atoms with Crippen LogP contribution >= 0.6 is 0 Å². The maximum atomic E-state index is 11.8. The van der Waals surface area contributed by atoms with Crippen LogP contribution in [0.25, 0.3) is 0 Å². The minimum absolute atomic E-state index is 0.163. The molecule has 0 aromatic rings. The van der Waals surface area contributed by atoms with Crippen molar-refractivity contribution in [2.24, 2.45) is 0 Å². The third-order valence-electron chi connectivity index (χ3n) is 4.54. The summed E-state index contributed by atoms with van der Waals surface area (Å²) >= 11 is 0. The van der Waals surface area contributed by atoms with Crippen LogP contribution in [0.3, 0.4) is 0 Å². The zero-order chi connectivity index (χ0) is 15.8. The van der Waals surface area contributed by atoms with Gasteiger partial charge in [-0.2, -0.15) is 0 Å². The summed E-state index contributed by atoms with van der Waals surface area (Å²) < 4.78 is 23.0. The first kappa shape index (κ1) is 14.0. The smallest absolute Gasteiger partial charge is 0.319 e. The Hall–Kier alpha value is -1.62. The van der Waals surface area contributed by atoms with E-state index >= 15 is 0 Å². The Kier molecular flexibility index (Phi) is 2.83. The fourth-order valence-electron chi connectivity index (χ4n) is 3.20. The zero-order valence-electron chi connectivity index (χ0n) is 12.7. The van der Waals surface area contributed by atoms with Gasteiger partial charge in [-0.05, 0) is 0 Å². The van der Waals surface area contributed by atoms with Crippen molar-refractivity contribution in [2.75, 3.05) is 28.2 Å². The van der Waals surface area contributed by atoms with E-state index < -0.39 is 37.5 Å². The van der Waals surface area contributed by atoms with E-state index in [9.17, 15) is 9.59 Å². The normalized spacial score (nSPS) is 39.5. The van der Waals surface area contributed by atoms with Crippen molar-refractivity contribution in [3.8, 4) is 0 Å². The SMILES string of the molecule is CN1C(=O)N(C)[C@@H]2OC(C3O[C@@H]4[C@@H](O3)N(C)C(=O)N4C)O[C@H]21. The van der Waals surface area contributed by atoms with Gasteiger partial charge in [-0.1, -0.05) is 0 Å². The molecule has 4 fully saturated rings. The van der Waals surface area contributed by atoms with E-state index in [1.165, 1.54) is 19.6 Å². The second-order valence-electron chi connectivity index (χ2n) is 5.85. The molecule has 0 spiro atoms. The molecule has 0 bridgehead atoms. The lowest BCUT2D eigenvalue weighted by Gasteiger charge is -2.24. The quantitative estimate of drug-likeness (QED) is 0.619. The van der Waals surface area contributed by atoms with Crippen LogP contribution in [0, 0.1) is 0 Å². The number of carbonyl (C=O) groups is 2. The molecule has 0 aromatic heterocycles. The van der Waals surface area contributed by atoms with Gasteiger partial charge in [0.05, 0.1) is 0 Å². The van der Waals surface area contributed by atoms with Gasteiger partial charge in [0.1, 0.15) is 0 Å². The van der Waals surface area contributed by atoms with Crippen LogP contribution in [0.15, 0.2) is 0 Å². The number of carbonyl (C=O) groups excluding carboxylic acids is 2. The summed E-state index contributed by atoms with van der Waals surface area (Å²) in [6.07, 6.45) is -3.48. The summed E-state index contributed by atoms with van der Waals surface area (Å²) in [5, 5.41) is 0. The van der Waals surface area contributed by atoms with Gasteiger partial charge in [-0.15, -0.1) is 0 Å². The van der Waals surface area contributed by atoms with E-state index in [-0.39, 0.29) is 12.1 Å². The lowest BCUT2D eigenvalue weighted by atomic mass is 10.5. The fourth-order valence-corrected chi connectivity index (χ4v) is 3.20. The molecule has 0 aliphatic carbocycles. The molecule has 0 saturated carbocycles. The average molecular weight is 314 g/mol. The summed E-state index contributed by atoms with van der Waals surface area (Å²) in [5.41, 5.74) is 0. The highest BCUT2D eigenvalue weighted by Gasteiger charge is 2.58. The van der Waals surface area contributed by atoms with Gasteiger partial charge in [0.25, 0.3) is 0 Å². The molecule has 4 saturated heterocycles. The Morgan fingerprint density at radius 3 is 1.05 bits per heavy atom. The van der Waals surface area contributed by atoms with E-state index in [2.05, 4.69) is 0 Å². The molecule has 0 N–H and O–H groups in total. The second kappa shape index (κ2) is 4.44. The predicted octanol–water partition coefficient (Wildman–Crippen LogP) is -0.969. The third kappa shape index (κ3) is 1.63. The molecule has 4 amide bonds. The highest BCUT2D eigenvalue weighted by atomic mass is 16.8. The van der Waals surface area contributed by atoms with Crippen molar-refractivity contribution in [3.63, 3.8) is 0 Å². The summed E-state index contributed by atoms with van der Waals surface area (Å²) in [4.78, 5) is 29.5. The van der Waals surface area contributed by atoms with Gasteiger partial charge in [-0.3, -0.25) is 19.6 Å². The molecule has 4 atom stereocenters. The molecule has 4 aliphatic heterocycles. The summed E-state index contributed by atoms with van der Waals surface area (Å²) in [5.74, 6) is 0. The van der Waals surface area contributed by atoms with Crippen LogP contribution < -0.4 is 0 Å². The number of likely N-dealkylation sites (N-methyl/N-ethyl adjacent to an activating group) is 4. The highest BCUT2D eigenvalue weighted by molar-refractivity contribution is 5.77. The number of amides is 4. The van der Waals surface area contributed by atoms with Crippen LogP contribution in [0.1, 0.15) is 0 Å². The van der Waals surface area contributed by atoms with Crippen molar-refractivity contribution in [3.05, 3.63) is 0 Å². The predicted molar refractivity (Wildman–Crippen MR) is 68.9 cm³/mol. The fraction of sp³-hybridized carbons (Fsp3) is 0.833. The molecule has 10 heteroatoms. The highest BCUT2D eigenvalue weighted by Crippen LogP contribution is 2.37. The molecule has 0 aromatic carbocycles. The zero-order valence-corrected chi connectivity index (χ0v) is 12.7. The minimum atomic E-state index is -0.754. The molecular formula is C12H18N4O6. The van der Waals surface area contributed by atoms with Crippen molar-refractivity contribution >= 4 is 12.1 Å². The van der Waals surface area contributed by atoms with Crippen molar-refractivity contribution in [2.45, 2.75) is 37.5 Å². The molecule has 4 rings (SSSR count). The maximum Gasteiger partial charge on any atom is 0.323 e. The standard InChI is InChI=1S/C12H18N4O6/c1-13-5-6(14(2)11(13)17)20-9(19-5)10-21-7-8(22-10)16(4)12(18)15(7)3/h5-10H,1-4H3/t5-,6-,7-,8-/m1/s1. The number of rotatable bonds is 1. The van der Waals surface area contributed by atoms with Gasteiger partial charge in [-0.25, -0.2) is 9.59 Å². The molecule has 22 heavy (non-hydrogen) atoms. The van der Waals surface area contributed by atoms with Gasteiger partial charge >= 0.3 is 12.1 Å². The second-order valence-corrected chi connectivity index (χ2v) is 5.85. The molecule has 0 radical (unpaired) electrons. The first-order valence-electron chi connectivity index (χ1n) is 7.01. The van der Waals surface area contributed by atoms with Crippen LogP contribution in [0.4, 0.5) is 9.59 Å². The van der Waals surface area contributed by atoms with Crippen LogP contribution in [-0.2, 0) is 18.9 Å². The van der Waals surface area contributed by atoms with E-state index in [4.69, 9.17) is 18.9 Å². The Labute approximate surface area is 127 Å². The first-order valence-corrected chi connectivity index (χ1v) is 7.01. The Morgan fingerprint density at radius 1 is 0.591 bits per heavy atom. The van der Waals surface area contributed by atoms with Crippen LogP contribution in [0.2, 0.25) is 0 Å². The van der Waals surface area contributed by atoms with Crippen molar-refractivity contribution < 1.29 is 28.5 Å². The Bertz CT molecular complexity index is 446. The van der Waals surface area contributed by atoms with E-state index in [1.54, 1.807) is 28.2 Å². The number of urea groups is 2. The molecule has 0 unspecified atom stereocenters.